The van der Waals surface area contributed by atoms with Gasteiger partial charge in [0.1, 0.15) is 11.5 Å². The molecule has 1 aromatic rings. The summed E-state index contributed by atoms with van der Waals surface area (Å²) in [5, 5.41) is 5.49. The van der Waals surface area contributed by atoms with Crippen LogP contribution in [0, 0.1) is 5.41 Å². The Morgan fingerprint density at radius 3 is 2.36 bits per heavy atom. The minimum absolute atomic E-state index is 0.0812. The van der Waals surface area contributed by atoms with Gasteiger partial charge in [0, 0.05) is 24.4 Å². The van der Waals surface area contributed by atoms with Gasteiger partial charge in [-0.2, -0.15) is 0 Å². The summed E-state index contributed by atoms with van der Waals surface area (Å²) >= 11 is 0. The first-order chi connectivity index (χ1) is 10.3. The molecule has 0 atom stereocenters. The van der Waals surface area contributed by atoms with E-state index in [2.05, 4.69) is 10.6 Å². The fraction of sp³-hybridized carbons (Fsp3) is 0.500. The van der Waals surface area contributed by atoms with Gasteiger partial charge in [-0.1, -0.05) is 20.8 Å². The van der Waals surface area contributed by atoms with Crippen LogP contribution in [0.25, 0.3) is 0 Å². The Bertz CT molecular complexity index is 535. The lowest BCUT2D eigenvalue weighted by molar-refractivity contribution is -0.128. The lowest BCUT2D eigenvalue weighted by Crippen LogP contribution is -2.36. The number of methoxy groups -OCH3 is 2. The van der Waals surface area contributed by atoms with Crippen molar-refractivity contribution in [1.82, 2.24) is 5.32 Å². The molecule has 22 heavy (non-hydrogen) atoms. The van der Waals surface area contributed by atoms with Crippen molar-refractivity contribution in [3.63, 3.8) is 0 Å². The molecular formula is C16H24N2O4. The van der Waals surface area contributed by atoms with Gasteiger partial charge < -0.3 is 20.1 Å². The van der Waals surface area contributed by atoms with Crippen LogP contribution in [0.1, 0.15) is 27.2 Å². The summed E-state index contributed by atoms with van der Waals surface area (Å²) in [7, 11) is 3.08. The number of hydrogen-bond acceptors (Lipinski definition) is 4. The number of benzene rings is 1. The summed E-state index contributed by atoms with van der Waals surface area (Å²) in [4.78, 5) is 23.6. The summed E-state index contributed by atoms with van der Waals surface area (Å²) in [6, 6.07) is 5.14. The van der Waals surface area contributed by atoms with Crippen molar-refractivity contribution in [1.29, 1.82) is 0 Å². The van der Waals surface area contributed by atoms with Crippen molar-refractivity contribution >= 4 is 17.5 Å². The van der Waals surface area contributed by atoms with E-state index in [9.17, 15) is 9.59 Å². The first kappa shape index (κ1) is 17.8. The van der Waals surface area contributed by atoms with Gasteiger partial charge in [0.2, 0.25) is 11.8 Å². The third-order valence-corrected chi connectivity index (χ3v) is 3.00. The van der Waals surface area contributed by atoms with E-state index in [1.54, 1.807) is 25.3 Å². The number of ether oxygens (including phenoxy) is 2. The molecule has 0 aliphatic carbocycles. The number of amides is 2. The number of carbonyl (C=O) groups excluding carboxylic acids is 2. The fourth-order valence-electron chi connectivity index (χ4n) is 1.67. The van der Waals surface area contributed by atoms with E-state index in [4.69, 9.17) is 9.47 Å². The molecule has 0 aromatic heterocycles. The van der Waals surface area contributed by atoms with Gasteiger partial charge in [-0.25, -0.2) is 0 Å². The average molecular weight is 308 g/mol. The van der Waals surface area contributed by atoms with Gasteiger partial charge in [0.25, 0.3) is 0 Å². The molecule has 0 bridgehead atoms. The molecule has 2 amide bonds. The van der Waals surface area contributed by atoms with E-state index in [0.29, 0.717) is 23.7 Å². The van der Waals surface area contributed by atoms with Crippen LogP contribution < -0.4 is 20.1 Å². The maximum atomic E-state index is 11.9. The van der Waals surface area contributed by atoms with Crippen molar-refractivity contribution in [2.75, 3.05) is 26.1 Å². The summed E-state index contributed by atoms with van der Waals surface area (Å²) < 4.78 is 10.3. The molecule has 6 nitrogen and oxygen atoms in total. The third-order valence-electron chi connectivity index (χ3n) is 3.00. The van der Waals surface area contributed by atoms with E-state index >= 15 is 0 Å². The number of hydrogen-bond donors (Lipinski definition) is 2. The Morgan fingerprint density at radius 2 is 1.82 bits per heavy atom. The second kappa shape index (κ2) is 7.68. The summed E-state index contributed by atoms with van der Waals surface area (Å²) in [6.07, 6.45) is 0.191. The zero-order valence-electron chi connectivity index (χ0n) is 13.8. The van der Waals surface area contributed by atoms with Crippen LogP contribution in [0.2, 0.25) is 0 Å². The maximum Gasteiger partial charge on any atom is 0.226 e. The first-order valence-corrected chi connectivity index (χ1v) is 7.08. The quantitative estimate of drug-likeness (QED) is 0.844. The highest BCUT2D eigenvalue weighted by Gasteiger charge is 2.20. The Balaban J connectivity index is 2.54. The molecule has 0 aliphatic heterocycles. The van der Waals surface area contributed by atoms with Crippen LogP contribution >= 0.6 is 0 Å². The molecule has 1 rings (SSSR count). The van der Waals surface area contributed by atoms with Gasteiger partial charge in [0.15, 0.2) is 0 Å². The van der Waals surface area contributed by atoms with Crippen LogP contribution in [0.5, 0.6) is 11.5 Å². The molecule has 0 aliphatic rings. The lowest BCUT2D eigenvalue weighted by Gasteiger charge is -2.17. The van der Waals surface area contributed by atoms with Crippen molar-refractivity contribution in [2.45, 2.75) is 27.2 Å². The standard InChI is InChI=1S/C16H24N2O4/c1-16(2,3)15(20)17-9-8-14(19)18-12-7-6-11(21-4)10-13(12)22-5/h6-7,10H,8-9H2,1-5H3,(H,17,20)(H,18,19). The van der Waals surface area contributed by atoms with Crippen LogP contribution in [-0.4, -0.2) is 32.6 Å². The van der Waals surface area contributed by atoms with Crippen LogP contribution in [0.3, 0.4) is 0 Å². The lowest BCUT2D eigenvalue weighted by atomic mass is 9.96. The van der Waals surface area contributed by atoms with Gasteiger partial charge in [-0.15, -0.1) is 0 Å². The molecule has 0 saturated carbocycles. The summed E-state index contributed by atoms with van der Waals surface area (Å²) in [6.45, 7) is 5.76. The van der Waals surface area contributed by atoms with Crippen molar-refractivity contribution < 1.29 is 19.1 Å². The largest absolute Gasteiger partial charge is 0.497 e. The molecule has 1 aromatic carbocycles. The number of nitrogens with one attached hydrogen (secondary N) is 2. The molecule has 122 valence electrons. The highest BCUT2D eigenvalue weighted by Crippen LogP contribution is 2.29. The average Bonchev–Trinajstić information content (AvgIpc) is 2.46. The molecule has 0 radical (unpaired) electrons. The minimum Gasteiger partial charge on any atom is -0.497 e. The summed E-state index contributed by atoms with van der Waals surface area (Å²) in [5.74, 6) is 0.888. The van der Waals surface area contributed by atoms with Crippen molar-refractivity contribution in [2.24, 2.45) is 5.41 Å². The Morgan fingerprint density at radius 1 is 1.14 bits per heavy atom. The number of anilines is 1. The molecule has 2 N–H and O–H groups in total. The van der Waals surface area contributed by atoms with Gasteiger partial charge in [-0.3, -0.25) is 9.59 Å². The Labute approximate surface area is 131 Å². The summed E-state index contributed by atoms with van der Waals surface area (Å²) in [5.41, 5.74) is 0.103. The molecule has 0 heterocycles. The van der Waals surface area contributed by atoms with Crippen molar-refractivity contribution in [3.05, 3.63) is 18.2 Å². The van der Waals surface area contributed by atoms with Gasteiger partial charge in [0.05, 0.1) is 19.9 Å². The van der Waals surface area contributed by atoms with Crippen LogP contribution in [0.4, 0.5) is 5.69 Å². The second-order valence-electron chi connectivity index (χ2n) is 5.87. The van der Waals surface area contributed by atoms with E-state index in [1.165, 1.54) is 7.11 Å². The van der Waals surface area contributed by atoms with E-state index < -0.39 is 5.41 Å². The molecule has 0 saturated heterocycles. The SMILES string of the molecule is COc1ccc(NC(=O)CCNC(=O)C(C)(C)C)c(OC)c1. The monoisotopic (exact) mass is 308 g/mol. The molecule has 0 fully saturated rings. The molecular weight excluding hydrogens is 284 g/mol. The minimum atomic E-state index is -0.463. The smallest absolute Gasteiger partial charge is 0.226 e. The number of carbonyl (C=O) groups is 2. The Kier molecular flexibility index (Phi) is 6.22. The van der Waals surface area contributed by atoms with Gasteiger partial charge >= 0.3 is 0 Å². The predicted octanol–water partition coefficient (Wildman–Crippen LogP) is 2.19. The predicted molar refractivity (Wildman–Crippen MR) is 85.3 cm³/mol. The van der Waals surface area contributed by atoms with E-state index in [0.717, 1.165) is 0 Å². The highest BCUT2D eigenvalue weighted by molar-refractivity contribution is 5.93. The van der Waals surface area contributed by atoms with E-state index in [1.807, 2.05) is 20.8 Å². The highest BCUT2D eigenvalue weighted by atomic mass is 16.5. The third kappa shape index (κ3) is 5.27. The zero-order chi connectivity index (χ0) is 16.8. The van der Waals surface area contributed by atoms with E-state index in [-0.39, 0.29) is 18.2 Å². The normalized spacial score (nSPS) is 10.8. The topological polar surface area (TPSA) is 76.7 Å². The second-order valence-corrected chi connectivity index (χ2v) is 5.87. The molecule has 6 heteroatoms. The Hall–Kier alpha value is -2.24. The number of rotatable bonds is 6. The van der Waals surface area contributed by atoms with Crippen LogP contribution in [0.15, 0.2) is 18.2 Å². The molecule has 0 unspecified atom stereocenters. The molecule has 0 spiro atoms. The maximum absolute atomic E-state index is 11.9. The first-order valence-electron chi connectivity index (χ1n) is 7.08. The van der Waals surface area contributed by atoms with Crippen LogP contribution in [-0.2, 0) is 9.59 Å². The van der Waals surface area contributed by atoms with Crippen molar-refractivity contribution in [3.8, 4) is 11.5 Å². The fourth-order valence-corrected chi connectivity index (χ4v) is 1.67. The van der Waals surface area contributed by atoms with Gasteiger partial charge in [-0.05, 0) is 12.1 Å². The zero-order valence-corrected chi connectivity index (χ0v) is 13.8.